The molecule has 1 aliphatic carbocycles. The third-order valence-electron chi connectivity index (χ3n) is 4.56. The first kappa shape index (κ1) is 20.7. The lowest BCUT2D eigenvalue weighted by molar-refractivity contribution is -0.207. The minimum atomic E-state index is -4.82. The average molecular weight is 421 g/mol. The zero-order chi connectivity index (χ0) is 19.0. The van der Waals surface area contributed by atoms with E-state index in [2.05, 4.69) is 5.32 Å². The van der Waals surface area contributed by atoms with Crippen LogP contribution in [0.1, 0.15) is 43.4 Å². The number of ether oxygens (including phenoxy) is 1. The average Bonchev–Trinajstić information content (AvgIpc) is 2.47. The summed E-state index contributed by atoms with van der Waals surface area (Å²) in [6.45, 7) is 1.84. The van der Waals surface area contributed by atoms with Crippen molar-refractivity contribution in [2.45, 2.75) is 47.7 Å². The zero-order valence-corrected chi connectivity index (χ0v) is 16.0. The maximum atomic E-state index is 13.1. The van der Waals surface area contributed by atoms with E-state index < -0.39 is 16.1 Å². The van der Waals surface area contributed by atoms with Gasteiger partial charge in [-0.2, -0.15) is 13.2 Å². The molecule has 0 spiro atoms. The van der Waals surface area contributed by atoms with Crippen LogP contribution in [-0.2, 0) is 5.41 Å². The summed E-state index contributed by atoms with van der Waals surface area (Å²) in [4.78, 5) is 0. The molecule has 1 saturated carbocycles. The maximum Gasteiger partial charge on any atom is 0.418 e. The molecule has 1 fully saturated rings. The fraction of sp³-hybridized carbons (Fsp3) is 0.625. The Morgan fingerprint density at radius 2 is 1.88 bits per heavy atom. The summed E-state index contributed by atoms with van der Waals surface area (Å²) in [5.41, 5.74) is 0.331. The van der Waals surface area contributed by atoms with Crippen molar-refractivity contribution in [1.29, 1.82) is 0 Å². The van der Waals surface area contributed by atoms with Crippen LogP contribution in [0.15, 0.2) is 12.1 Å². The molecule has 1 atom stereocenters. The van der Waals surface area contributed by atoms with Crippen molar-refractivity contribution >= 4 is 40.5 Å². The lowest BCUT2D eigenvalue weighted by Crippen LogP contribution is -2.31. The van der Waals surface area contributed by atoms with Crippen molar-refractivity contribution in [1.82, 2.24) is 0 Å². The molecule has 0 aliphatic heterocycles. The molecular formula is C16H19Cl3F3NO2. The van der Waals surface area contributed by atoms with Gasteiger partial charge in [0.05, 0.1) is 19.3 Å². The van der Waals surface area contributed by atoms with Crippen LogP contribution in [0, 0.1) is 0 Å². The van der Waals surface area contributed by atoms with Crippen LogP contribution in [-0.4, -0.2) is 28.7 Å². The van der Waals surface area contributed by atoms with Crippen molar-refractivity contribution in [2.75, 3.05) is 19.0 Å². The number of alkyl halides is 6. The Hall–Kier alpha value is -0.560. The van der Waals surface area contributed by atoms with E-state index in [-0.39, 0.29) is 29.0 Å². The molecule has 142 valence electrons. The maximum absolute atomic E-state index is 13.1. The number of halogens is 6. The number of hydrogen-bond acceptors (Lipinski definition) is 3. The third-order valence-corrected chi connectivity index (χ3v) is 4.96. The predicted octanol–water partition coefficient (Wildman–Crippen LogP) is 5.51. The number of hydrogen-bond donors (Lipinski definition) is 2. The van der Waals surface area contributed by atoms with Crippen molar-refractivity contribution < 1.29 is 23.0 Å². The van der Waals surface area contributed by atoms with Crippen LogP contribution in [0.4, 0.5) is 18.9 Å². The summed E-state index contributed by atoms with van der Waals surface area (Å²) >= 11 is 17.2. The summed E-state index contributed by atoms with van der Waals surface area (Å²) in [7, 11) is 1.23. The third kappa shape index (κ3) is 4.79. The van der Waals surface area contributed by atoms with Gasteiger partial charge in [-0.3, -0.25) is 0 Å². The second-order valence-electron chi connectivity index (χ2n) is 6.47. The van der Waals surface area contributed by atoms with E-state index >= 15 is 0 Å². The molecule has 25 heavy (non-hydrogen) atoms. The number of aliphatic hydroxyl groups is 1. The van der Waals surface area contributed by atoms with E-state index in [1.54, 1.807) is 6.07 Å². The normalized spacial score (nSPS) is 18.4. The van der Waals surface area contributed by atoms with Gasteiger partial charge in [0.25, 0.3) is 0 Å². The lowest BCUT2D eigenvalue weighted by Gasteiger charge is -2.40. The molecule has 2 N–H and O–H groups in total. The highest BCUT2D eigenvalue weighted by Crippen LogP contribution is 2.48. The summed E-state index contributed by atoms with van der Waals surface area (Å²) < 4.78 is 42.8. The number of rotatable bonds is 5. The Kier molecular flexibility index (Phi) is 5.99. The fourth-order valence-electron chi connectivity index (χ4n) is 2.93. The molecule has 0 aromatic heterocycles. The Morgan fingerprint density at radius 1 is 1.28 bits per heavy atom. The van der Waals surface area contributed by atoms with Crippen LogP contribution in [0.25, 0.3) is 0 Å². The molecule has 9 heteroatoms. The van der Waals surface area contributed by atoms with Crippen LogP contribution in [0.3, 0.4) is 0 Å². The molecule has 0 heterocycles. The van der Waals surface area contributed by atoms with Gasteiger partial charge in [-0.15, -0.1) is 0 Å². The highest BCUT2D eigenvalue weighted by atomic mass is 35.6. The number of aliphatic hydroxyl groups excluding tert-OH is 1. The largest absolute Gasteiger partial charge is 0.494 e. The van der Waals surface area contributed by atoms with Crippen molar-refractivity contribution in [3.63, 3.8) is 0 Å². The Balaban J connectivity index is 2.54. The van der Waals surface area contributed by atoms with E-state index in [0.717, 1.165) is 19.3 Å². The molecule has 2 rings (SSSR count). The smallest absolute Gasteiger partial charge is 0.418 e. The molecule has 0 bridgehead atoms. The molecule has 1 aliphatic rings. The molecule has 0 saturated heterocycles. The summed E-state index contributed by atoms with van der Waals surface area (Å²) in [5, 5.41) is 12.6. The Morgan fingerprint density at radius 3 is 2.28 bits per heavy atom. The van der Waals surface area contributed by atoms with Gasteiger partial charge in [-0.25, -0.2) is 0 Å². The van der Waals surface area contributed by atoms with Gasteiger partial charge in [0, 0.05) is 5.56 Å². The van der Waals surface area contributed by atoms with Crippen LogP contribution in [0.5, 0.6) is 5.75 Å². The monoisotopic (exact) mass is 419 g/mol. The van der Waals surface area contributed by atoms with E-state index in [9.17, 15) is 18.3 Å². The quantitative estimate of drug-likeness (QED) is 0.617. The van der Waals surface area contributed by atoms with Gasteiger partial charge in [0.1, 0.15) is 5.75 Å². The summed E-state index contributed by atoms with van der Waals surface area (Å²) in [5.74, 6) is -0.120. The zero-order valence-electron chi connectivity index (χ0n) is 13.7. The summed E-state index contributed by atoms with van der Waals surface area (Å²) in [6, 6.07) is 3.05. The van der Waals surface area contributed by atoms with Crippen LogP contribution >= 0.6 is 34.8 Å². The highest BCUT2D eigenvalue weighted by Gasteiger charge is 2.43. The minimum absolute atomic E-state index is 0.120. The topological polar surface area (TPSA) is 41.5 Å². The number of methoxy groups -OCH3 is 1. The first-order valence-electron chi connectivity index (χ1n) is 7.65. The fourth-order valence-corrected chi connectivity index (χ4v) is 3.13. The van der Waals surface area contributed by atoms with Gasteiger partial charge in [0.15, 0.2) is 6.10 Å². The SMILES string of the molecule is COc1c(NCC(Cl)(Cl)Cl)cc(C2(C)CCC2)cc1C(O)C(F)(F)F. The van der Waals surface area contributed by atoms with Crippen molar-refractivity contribution in [3.8, 4) is 5.75 Å². The first-order valence-corrected chi connectivity index (χ1v) is 8.78. The van der Waals surface area contributed by atoms with E-state index in [1.165, 1.54) is 13.2 Å². The number of nitrogens with one attached hydrogen (secondary N) is 1. The number of anilines is 1. The van der Waals surface area contributed by atoms with E-state index in [4.69, 9.17) is 39.5 Å². The standard InChI is InChI=1S/C16H19Cl3F3NO2/c1-14(4-3-5-14)9-6-10(13(24)16(20,21)22)12(25-2)11(7-9)23-8-15(17,18)19/h6-7,13,23-24H,3-5,8H2,1-2H3. The number of benzene rings is 1. The van der Waals surface area contributed by atoms with Crippen molar-refractivity contribution in [2.24, 2.45) is 0 Å². The Labute approximate surface area is 159 Å². The molecule has 1 aromatic rings. The second-order valence-corrected chi connectivity index (χ2v) is 8.99. The van der Waals surface area contributed by atoms with Crippen LogP contribution in [0.2, 0.25) is 0 Å². The molecule has 0 radical (unpaired) electrons. The predicted molar refractivity (Wildman–Crippen MR) is 94.0 cm³/mol. The molecule has 1 aromatic carbocycles. The van der Waals surface area contributed by atoms with Gasteiger partial charge in [0.2, 0.25) is 3.79 Å². The molecular weight excluding hydrogens is 402 g/mol. The minimum Gasteiger partial charge on any atom is -0.494 e. The van der Waals surface area contributed by atoms with Gasteiger partial charge in [-0.1, -0.05) is 48.1 Å². The molecule has 0 amide bonds. The van der Waals surface area contributed by atoms with Crippen molar-refractivity contribution in [3.05, 3.63) is 23.3 Å². The second kappa shape index (κ2) is 7.22. The lowest BCUT2D eigenvalue weighted by atomic mass is 9.65. The van der Waals surface area contributed by atoms with E-state index in [0.29, 0.717) is 5.56 Å². The Bertz CT molecular complexity index is 628. The highest BCUT2D eigenvalue weighted by molar-refractivity contribution is 6.67. The molecule has 3 nitrogen and oxygen atoms in total. The summed E-state index contributed by atoms with van der Waals surface area (Å²) in [6.07, 6.45) is -4.79. The van der Waals surface area contributed by atoms with Crippen LogP contribution < -0.4 is 10.1 Å². The first-order chi connectivity index (χ1) is 11.4. The molecule has 1 unspecified atom stereocenters. The van der Waals surface area contributed by atoms with E-state index in [1.807, 2.05) is 6.92 Å². The van der Waals surface area contributed by atoms with Gasteiger partial charge in [-0.05, 0) is 36.0 Å². The van der Waals surface area contributed by atoms with Gasteiger partial charge < -0.3 is 15.2 Å². The van der Waals surface area contributed by atoms with Gasteiger partial charge >= 0.3 is 6.18 Å².